The molecule has 25 heavy (non-hydrogen) atoms. The van der Waals surface area contributed by atoms with Crippen molar-refractivity contribution in [2.45, 2.75) is 70.5 Å². The minimum atomic E-state index is -0.919. The van der Waals surface area contributed by atoms with E-state index in [-0.39, 0.29) is 0 Å². The first-order valence-electron chi connectivity index (χ1n) is 9.92. The number of thioether (sulfide) groups is 1. The van der Waals surface area contributed by atoms with Gasteiger partial charge in [-0.05, 0) is 55.4 Å². The standard InChI is InChI=1S/C20H34O4S/c1-2-3-4-5-14-25-15-11-17-16(18-8-9-19(17)24-18)10-13-23-12-6-7-20(21)22/h6-7,16-19H,2-5,8-15H2,1H3,(H,21,22)/b7-6+/t16-,17+,18-,19+/m0/s1. The van der Waals surface area contributed by atoms with E-state index in [4.69, 9.17) is 14.6 Å². The first-order valence-corrected chi connectivity index (χ1v) is 11.1. The van der Waals surface area contributed by atoms with Crippen LogP contribution in [0.5, 0.6) is 0 Å². The van der Waals surface area contributed by atoms with Gasteiger partial charge in [0.25, 0.3) is 0 Å². The topological polar surface area (TPSA) is 55.8 Å². The Morgan fingerprint density at radius 2 is 1.92 bits per heavy atom. The van der Waals surface area contributed by atoms with E-state index in [2.05, 4.69) is 18.7 Å². The number of aliphatic carboxylic acids is 1. The molecule has 0 radical (unpaired) electrons. The minimum absolute atomic E-state index is 0.381. The molecule has 0 unspecified atom stereocenters. The highest BCUT2D eigenvalue weighted by atomic mass is 32.2. The van der Waals surface area contributed by atoms with Gasteiger partial charge in [0.2, 0.25) is 0 Å². The fraction of sp³-hybridized carbons (Fsp3) is 0.850. The predicted molar refractivity (Wildman–Crippen MR) is 103 cm³/mol. The summed E-state index contributed by atoms with van der Waals surface area (Å²) in [6.07, 6.45) is 13.7. The van der Waals surface area contributed by atoms with Crippen molar-refractivity contribution < 1.29 is 19.4 Å². The molecule has 0 aromatic rings. The highest BCUT2D eigenvalue weighted by molar-refractivity contribution is 7.99. The number of carboxylic acids is 1. The SMILES string of the molecule is CCCCCCSCC[C@@H]1[C@H](CCOC/C=C/C(=O)O)[C@@H]2CC[C@H]1O2. The molecule has 2 saturated heterocycles. The molecular formula is C20H34O4S. The van der Waals surface area contributed by atoms with Gasteiger partial charge < -0.3 is 14.6 Å². The highest BCUT2D eigenvalue weighted by Crippen LogP contribution is 2.46. The zero-order valence-electron chi connectivity index (χ0n) is 15.5. The van der Waals surface area contributed by atoms with E-state index in [1.165, 1.54) is 56.5 Å². The summed E-state index contributed by atoms with van der Waals surface area (Å²) in [7, 11) is 0. The molecule has 4 nitrogen and oxygen atoms in total. The largest absolute Gasteiger partial charge is 0.478 e. The van der Waals surface area contributed by atoms with Gasteiger partial charge in [0.05, 0.1) is 18.8 Å². The van der Waals surface area contributed by atoms with Crippen molar-refractivity contribution in [3.8, 4) is 0 Å². The quantitative estimate of drug-likeness (QED) is 0.360. The van der Waals surface area contributed by atoms with Crippen molar-refractivity contribution in [2.24, 2.45) is 11.8 Å². The van der Waals surface area contributed by atoms with Gasteiger partial charge in [-0.15, -0.1) is 0 Å². The van der Waals surface area contributed by atoms with Crippen molar-refractivity contribution in [1.29, 1.82) is 0 Å². The third kappa shape index (κ3) is 7.32. The molecule has 5 heteroatoms. The van der Waals surface area contributed by atoms with Gasteiger partial charge in [0.15, 0.2) is 0 Å². The second-order valence-corrected chi connectivity index (χ2v) is 8.41. The van der Waals surface area contributed by atoms with Crippen molar-refractivity contribution in [3.05, 3.63) is 12.2 Å². The molecule has 2 aliphatic rings. The van der Waals surface area contributed by atoms with Crippen LogP contribution < -0.4 is 0 Å². The molecule has 144 valence electrons. The number of ether oxygens (including phenoxy) is 2. The summed E-state index contributed by atoms with van der Waals surface area (Å²) in [5, 5.41) is 8.55. The molecule has 4 atom stereocenters. The van der Waals surface area contributed by atoms with Gasteiger partial charge >= 0.3 is 5.97 Å². The number of unbranched alkanes of at least 4 members (excludes halogenated alkanes) is 3. The molecule has 2 aliphatic heterocycles. The van der Waals surface area contributed by atoms with Crippen LogP contribution >= 0.6 is 11.8 Å². The summed E-state index contributed by atoms with van der Waals surface area (Å²) in [6.45, 7) is 3.34. The van der Waals surface area contributed by atoms with Gasteiger partial charge in [-0.3, -0.25) is 0 Å². The van der Waals surface area contributed by atoms with E-state index in [1.807, 2.05) is 0 Å². The molecule has 1 N–H and O–H groups in total. The number of rotatable bonds is 14. The second kappa shape index (κ2) is 12.0. The Morgan fingerprint density at radius 3 is 2.64 bits per heavy atom. The molecule has 0 aromatic carbocycles. The number of hydrogen-bond donors (Lipinski definition) is 1. The number of fused-ring (bicyclic) bond motifs is 2. The lowest BCUT2D eigenvalue weighted by Gasteiger charge is -2.27. The molecule has 2 heterocycles. The average molecular weight is 371 g/mol. The molecule has 0 aromatic heterocycles. The Bertz CT molecular complexity index is 413. The van der Waals surface area contributed by atoms with E-state index in [0.717, 1.165) is 12.5 Å². The van der Waals surface area contributed by atoms with Crippen molar-refractivity contribution in [1.82, 2.24) is 0 Å². The predicted octanol–water partition coefficient (Wildman–Crippen LogP) is 4.53. The number of carboxylic acid groups (broad SMARTS) is 1. The summed E-state index contributed by atoms with van der Waals surface area (Å²) in [5.74, 6) is 2.95. The van der Waals surface area contributed by atoms with Crippen LogP contribution in [0.15, 0.2) is 12.2 Å². The summed E-state index contributed by atoms with van der Waals surface area (Å²) < 4.78 is 11.7. The number of carbonyl (C=O) groups is 1. The fourth-order valence-corrected chi connectivity index (χ4v) is 5.19. The first kappa shape index (κ1) is 20.8. The third-order valence-electron chi connectivity index (χ3n) is 5.40. The molecule has 0 spiro atoms. The van der Waals surface area contributed by atoms with Crippen LogP contribution in [0.4, 0.5) is 0 Å². The van der Waals surface area contributed by atoms with Gasteiger partial charge in [-0.2, -0.15) is 11.8 Å². The summed E-state index contributed by atoms with van der Waals surface area (Å²) >= 11 is 2.11. The van der Waals surface area contributed by atoms with Gasteiger partial charge in [-0.25, -0.2) is 4.79 Å². The molecule has 0 aliphatic carbocycles. The summed E-state index contributed by atoms with van der Waals surface area (Å²) in [6, 6.07) is 0. The smallest absolute Gasteiger partial charge is 0.328 e. The molecule has 2 bridgehead atoms. The first-order chi connectivity index (χ1) is 12.2. The number of hydrogen-bond acceptors (Lipinski definition) is 4. The Labute approximate surface area is 156 Å². The maximum absolute atomic E-state index is 10.4. The lowest BCUT2D eigenvalue weighted by atomic mass is 9.76. The summed E-state index contributed by atoms with van der Waals surface area (Å²) in [4.78, 5) is 10.4. The van der Waals surface area contributed by atoms with E-state index in [9.17, 15) is 4.79 Å². The Hall–Kier alpha value is -0.520. The Kier molecular flexibility index (Phi) is 9.96. The van der Waals surface area contributed by atoms with Crippen LogP contribution in [0.2, 0.25) is 0 Å². The Morgan fingerprint density at radius 1 is 1.16 bits per heavy atom. The van der Waals surface area contributed by atoms with Crippen LogP contribution in [0, 0.1) is 11.8 Å². The van der Waals surface area contributed by atoms with Crippen LogP contribution in [-0.2, 0) is 14.3 Å². The van der Waals surface area contributed by atoms with Crippen LogP contribution in [0.1, 0.15) is 58.3 Å². The molecule has 0 amide bonds. The Balaban J connectivity index is 1.60. The van der Waals surface area contributed by atoms with E-state index in [1.54, 1.807) is 6.08 Å². The molecule has 0 saturated carbocycles. The van der Waals surface area contributed by atoms with E-state index in [0.29, 0.717) is 37.3 Å². The molecule has 2 fully saturated rings. The average Bonchev–Trinajstić information content (AvgIpc) is 3.19. The van der Waals surface area contributed by atoms with Crippen molar-refractivity contribution >= 4 is 17.7 Å². The lowest BCUT2D eigenvalue weighted by Crippen LogP contribution is -2.28. The molecule has 2 rings (SSSR count). The van der Waals surface area contributed by atoms with Gasteiger partial charge in [0, 0.05) is 12.7 Å². The van der Waals surface area contributed by atoms with Crippen LogP contribution in [0.3, 0.4) is 0 Å². The maximum Gasteiger partial charge on any atom is 0.328 e. The van der Waals surface area contributed by atoms with Crippen LogP contribution in [0.25, 0.3) is 0 Å². The minimum Gasteiger partial charge on any atom is -0.478 e. The van der Waals surface area contributed by atoms with Gasteiger partial charge in [-0.1, -0.05) is 32.3 Å². The fourth-order valence-electron chi connectivity index (χ4n) is 4.14. The van der Waals surface area contributed by atoms with E-state index >= 15 is 0 Å². The van der Waals surface area contributed by atoms with Crippen molar-refractivity contribution in [3.63, 3.8) is 0 Å². The van der Waals surface area contributed by atoms with Crippen LogP contribution in [-0.4, -0.2) is 48.0 Å². The zero-order chi connectivity index (χ0) is 17.9. The second-order valence-electron chi connectivity index (χ2n) is 7.18. The van der Waals surface area contributed by atoms with Crippen molar-refractivity contribution in [2.75, 3.05) is 24.7 Å². The normalized spacial score (nSPS) is 28.2. The zero-order valence-corrected chi connectivity index (χ0v) is 16.3. The third-order valence-corrected chi connectivity index (χ3v) is 6.50. The maximum atomic E-state index is 10.4. The van der Waals surface area contributed by atoms with Gasteiger partial charge in [0.1, 0.15) is 0 Å². The molecular weight excluding hydrogens is 336 g/mol. The summed E-state index contributed by atoms with van der Waals surface area (Å²) in [5.41, 5.74) is 0. The van der Waals surface area contributed by atoms with E-state index < -0.39 is 5.97 Å². The lowest BCUT2D eigenvalue weighted by molar-refractivity contribution is -0.131. The monoisotopic (exact) mass is 370 g/mol. The highest BCUT2D eigenvalue weighted by Gasteiger charge is 2.47.